The van der Waals surface area contributed by atoms with E-state index in [9.17, 15) is 14.7 Å². The van der Waals surface area contributed by atoms with Crippen LogP contribution in [0.4, 0.5) is 4.79 Å². The molecule has 7 heteroatoms. The fourth-order valence-electron chi connectivity index (χ4n) is 2.04. The number of esters is 1. The molecule has 0 atom stereocenters. The van der Waals surface area contributed by atoms with E-state index in [2.05, 4.69) is 9.72 Å². The van der Waals surface area contributed by atoms with Gasteiger partial charge >= 0.3 is 12.1 Å². The molecule has 118 valence electrons. The van der Waals surface area contributed by atoms with Gasteiger partial charge in [-0.1, -0.05) is 0 Å². The van der Waals surface area contributed by atoms with Crippen molar-refractivity contribution in [3.8, 4) is 5.75 Å². The Morgan fingerprint density at radius 1 is 1.27 bits per heavy atom. The van der Waals surface area contributed by atoms with Crippen LogP contribution < -0.4 is 0 Å². The number of hydrogen-bond acceptors (Lipinski definition) is 6. The zero-order valence-electron chi connectivity index (χ0n) is 13.1. The minimum Gasteiger partial charge on any atom is -0.507 e. The second-order valence-electron chi connectivity index (χ2n) is 5.82. The maximum Gasteiger partial charge on any atom is 0.420 e. The Morgan fingerprint density at radius 2 is 1.91 bits per heavy atom. The lowest BCUT2D eigenvalue weighted by atomic mass is 10.1. The molecule has 0 aliphatic rings. The first-order chi connectivity index (χ1) is 10.1. The molecule has 0 radical (unpaired) electrons. The zero-order valence-corrected chi connectivity index (χ0v) is 13.1. The van der Waals surface area contributed by atoms with Gasteiger partial charge in [0.25, 0.3) is 0 Å². The van der Waals surface area contributed by atoms with Crippen molar-refractivity contribution in [3.05, 3.63) is 23.5 Å². The predicted octanol–water partition coefficient (Wildman–Crippen LogP) is 2.62. The quantitative estimate of drug-likeness (QED) is 0.814. The lowest BCUT2D eigenvalue weighted by molar-refractivity contribution is 0.0537. The Bertz CT molecular complexity index is 755. The van der Waals surface area contributed by atoms with E-state index < -0.39 is 17.7 Å². The number of aromatic nitrogens is 2. The molecule has 0 saturated heterocycles. The molecule has 0 fully saturated rings. The number of benzene rings is 1. The first kappa shape index (κ1) is 15.8. The van der Waals surface area contributed by atoms with Crippen molar-refractivity contribution in [2.45, 2.75) is 33.3 Å². The maximum absolute atomic E-state index is 12.3. The third-order valence-electron chi connectivity index (χ3n) is 2.92. The highest BCUT2D eigenvalue weighted by atomic mass is 16.6. The van der Waals surface area contributed by atoms with Crippen LogP contribution in [0.15, 0.2) is 12.1 Å². The van der Waals surface area contributed by atoms with Gasteiger partial charge in [-0.25, -0.2) is 19.1 Å². The van der Waals surface area contributed by atoms with Gasteiger partial charge in [0.05, 0.1) is 18.1 Å². The third-order valence-corrected chi connectivity index (χ3v) is 2.92. The summed E-state index contributed by atoms with van der Waals surface area (Å²) in [4.78, 5) is 28.2. The Kier molecular flexibility index (Phi) is 3.83. The van der Waals surface area contributed by atoms with Crippen LogP contribution >= 0.6 is 0 Å². The van der Waals surface area contributed by atoms with Crippen LogP contribution in [0.3, 0.4) is 0 Å². The van der Waals surface area contributed by atoms with Crippen molar-refractivity contribution < 1.29 is 24.2 Å². The van der Waals surface area contributed by atoms with Crippen molar-refractivity contribution in [1.29, 1.82) is 0 Å². The summed E-state index contributed by atoms with van der Waals surface area (Å²) in [6, 6.07) is 2.68. The Morgan fingerprint density at radius 3 is 2.45 bits per heavy atom. The van der Waals surface area contributed by atoms with E-state index in [0.717, 1.165) is 0 Å². The number of methoxy groups -OCH3 is 1. The van der Waals surface area contributed by atoms with E-state index in [4.69, 9.17) is 4.74 Å². The molecule has 0 unspecified atom stereocenters. The number of rotatable bonds is 1. The van der Waals surface area contributed by atoms with Crippen LogP contribution in [-0.4, -0.2) is 39.4 Å². The number of fused-ring (bicyclic) bond motifs is 1. The van der Waals surface area contributed by atoms with Crippen LogP contribution in [0.2, 0.25) is 0 Å². The molecule has 2 aromatic rings. The fourth-order valence-corrected chi connectivity index (χ4v) is 2.04. The second kappa shape index (κ2) is 5.32. The van der Waals surface area contributed by atoms with Crippen molar-refractivity contribution in [2.24, 2.45) is 0 Å². The van der Waals surface area contributed by atoms with Gasteiger partial charge in [-0.15, -0.1) is 0 Å². The number of aryl methyl sites for hydroxylation is 1. The molecule has 2 rings (SSSR count). The molecule has 1 aromatic carbocycles. The van der Waals surface area contributed by atoms with Crippen molar-refractivity contribution in [2.75, 3.05) is 7.11 Å². The van der Waals surface area contributed by atoms with E-state index in [1.807, 2.05) is 0 Å². The molecular weight excluding hydrogens is 288 g/mol. The molecule has 0 aliphatic heterocycles. The standard InChI is InChI=1S/C15H18N2O5/c1-8-16-10-7-12(18)9(13(19)21-5)6-11(10)17(8)14(20)22-15(2,3)4/h6-7,18H,1-5H3. The van der Waals surface area contributed by atoms with Gasteiger partial charge in [-0.3, -0.25) is 0 Å². The van der Waals surface area contributed by atoms with Gasteiger partial charge in [0, 0.05) is 6.07 Å². The maximum atomic E-state index is 12.3. The number of ether oxygens (including phenoxy) is 2. The number of phenols is 1. The SMILES string of the molecule is COC(=O)c1cc2c(cc1O)nc(C)n2C(=O)OC(C)(C)C. The Hall–Kier alpha value is -2.57. The zero-order chi connectivity index (χ0) is 16.7. The van der Waals surface area contributed by atoms with Gasteiger partial charge in [-0.2, -0.15) is 0 Å². The molecule has 0 saturated carbocycles. The Labute approximate surface area is 127 Å². The minimum atomic E-state index is -0.700. The second-order valence-corrected chi connectivity index (χ2v) is 5.82. The molecule has 0 spiro atoms. The van der Waals surface area contributed by atoms with Gasteiger partial charge < -0.3 is 14.6 Å². The summed E-state index contributed by atoms with van der Waals surface area (Å²) in [5, 5.41) is 9.87. The van der Waals surface area contributed by atoms with Crippen molar-refractivity contribution in [1.82, 2.24) is 9.55 Å². The number of imidazole rings is 1. The predicted molar refractivity (Wildman–Crippen MR) is 79.1 cm³/mol. The van der Waals surface area contributed by atoms with E-state index in [0.29, 0.717) is 16.9 Å². The van der Waals surface area contributed by atoms with Crippen LogP contribution in [0.1, 0.15) is 37.0 Å². The number of aromatic hydroxyl groups is 1. The Balaban J connectivity index is 2.62. The normalized spacial score (nSPS) is 11.5. The van der Waals surface area contributed by atoms with Gasteiger partial charge in [-0.05, 0) is 33.8 Å². The molecule has 1 heterocycles. The molecule has 0 amide bonds. The number of phenolic OH excluding ortho intramolecular Hbond substituents is 1. The van der Waals surface area contributed by atoms with Gasteiger partial charge in [0.15, 0.2) is 0 Å². The summed E-state index contributed by atoms with van der Waals surface area (Å²) in [5.74, 6) is -0.562. The van der Waals surface area contributed by atoms with Crippen LogP contribution in [-0.2, 0) is 9.47 Å². The largest absolute Gasteiger partial charge is 0.507 e. The number of hydrogen-bond donors (Lipinski definition) is 1. The summed E-state index contributed by atoms with van der Waals surface area (Å²) in [5.41, 5.74) is 0.0422. The highest BCUT2D eigenvalue weighted by Gasteiger charge is 2.23. The highest BCUT2D eigenvalue weighted by Crippen LogP contribution is 2.27. The smallest absolute Gasteiger partial charge is 0.420 e. The molecule has 1 aromatic heterocycles. The van der Waals surface area contributed by atoms with E-state index >= 15 is 0 Å². The summed E-state index contributed by atoms with van der Waals surface area (Å²) in [7, 11) is 1.21. The lowest BCUT2D eigenvalue weighted by Gasteiger charge is -2.20. The van der Waals surface area contributed by atoms with Crippen LogP contribution in [0.5, 0.6) is 5.75 Å². The first-order valence-electron chi connectivity index (χ1n) is 6.68. The summed E-state index contributed by atoms with van der Waals surface area (Å²) in [6.45, 7) is 6.90. The molecule has 0 aliphatic carbocycles. The van der Waals surface area contributed by atoms with Crippen LogP contribution in [0, 0.1) is 6.92 Å². The van der Waals surface area contributed by atoms with E-state index in [1.165, 1.54) is 23.8 Å². The first-order valence-corrected chi connectivity index (χ1v) is 6.68. The third kappa shape index (κ3) is 2.88. The number of carbonyl (C=O) groups excluding carboxylic acids is 2. The van der Waals surface area contributed by atoms with Crippen LogP contribution in [0.25, 0.3) is 11.0 Å². The van der Waals surface area contributed by atoms with Gasteiger partial charge in [0.1, 0.15) is 22.7 Å². The fraction of sp³-hybridized carbons (Fsp3) is 0.400. The van der Waals surface area contributed by atoms with E-state index in [1.54, 1.807) is 27.7 Å². The molecule has 0 bridgehead atoms. The summed E-state index contributed by atoms with van der Waals surface area (Å²) in [6.07, 6.45) is -0.603. The molecule has 22 heavy (non-hydrogen) atoms. The molecule has 7 nitrogen and oxygen atoms in total. The number of nitrogens with zero attached hydrogens (tertiary/aromatic N) is 2. The average molecular weight is 306 g/mol. The number of carbonyl (C=O) groups is 2. The molecule has 1 N–H and O–H groups in total. The topological polar surface area (TPSA) is 90.6 Å². The van der Waals surface area contributed by atoms with E-state index in [-0.39, 0.29) is 11.3 Å². The van der Waals surface area contributed by atoms with Crippen molar-refractivity contribution >= 4 is 23.1 Å². The minimum absolute atomic E-state index is 0.0419. The highest BCUT2D eigenvalue weighted by molar-refractivity contribution is 5.98. The van der Waals surface area contributed by atoms with Crippen molar-refractivity contribution in [3.63, 3.8) is 0 Å². The monoisotopic (exact) mass is 306 g/mol. The average Bonchev–Trinajstić information content (AvgIpc) is 2.69. The van der Waals surface area contributed by atoms with Gasteiger partial charge in [0.2, 0.25) is 0 Å². The lowest BCUT2D eigenvalue weighted by Crippen LogP contribution is -2.27. The molecular formula is C15H18N2O5. The summed E-state index contributed by atoms with van der Waals surface area (Å²) < 4.78 is 11.2. The summed E-state index contributed by atoms with van der Waals surface area (Å²) >= 11 is 0.